The third kappa shape index (κ3) is 3.51. The minimum absolute atomic E-state index is 0.201. The van der Waals surface area contributed by atoms with E-state index in [-0.39, 0.29) is 16.6 Å². The standard InChI is InChI=1S/C17H19Cl2N3O2S2/c1-16(2)6-8-10(13(20)23)15(26-11(8)17(3,4)22-16)21-14(24)7-5-9(18)25-12(7)19/h5,22H,6H2,1-4H3,(H2,20,23)(H,21,24). The lowest BCUT2D eigenvalue weighted by atomic mass is 9.81. The highest BCUT2D eigenvalue weighted by Gasteiger charge is 2.41. The van der Waals surface area contributed by atoms with E-state index in [0.717, 1.165) is 21.8 Å². The van der Waals surface area contributed by atoms with Crippen LogP contribution in [0.3, 0.4) is 0 Å². The molecule has 5 nitrogen and oxygen atoms in total. The van der Waals surface area contributed by atoms with Crippen LogP contribution in [0.15, 0.2) is 6.07 Å². The second-order valence-corrected chi connectivity index (χ2v) is 10.8. The van der Waals surface area contributed by atoms with Gasteiger partial charge in [0.1, 0.15) is 9.34 Å². The van der Waals surface area contributed by atoms with E-state index in [9.17, 15) is 9.59 Å². The Balaban J connectivity index is 2.06. The van der Waals surface area contributed by atoms with Crippen molar-refractivity contribution in [1.82, 2.24) is 5.32 Å². The average molecular weight is 432 g/mol. The Bertz CT molecular complexity index is 915. The number of nitrogens with two attached hydrogens (primary N) is 1. The topological polar surface area (TPSA) is 84.2 Å². The molecule has 0 bridgehead atoms. The molecule has 0 saturated heterocycles. The van der Waals surface area contributed by atoms with E-state index in [4.69, 9.17) is 28.9 Å². The van der Waals surface area contributed by atoms with Crippen molar-refractivity contribution in [3.05, 3.63) is 36.3 Å². The minimum Gasteiger partial charge on any atom is -0.365 e. The van der Waals surface area contributed by atoms with Crippen molar-refractivity contribution in [3.63, 3.8) is 0 Å². The minimum atomic E-state index is -0.555. The molecule has 0 aromatic carbocycles. The van der Waals surface area contributed by atoms with Crippen molar-refractivity contribution in [1.29, 1.82) is 0 Å². The molecule has 2 aromatic heterocycles. The van der Waals surface area contributed by atoms with Gasteiger partial charge in [0.25, 0.3) is 11.8 Å². The second kappa shape index (κ2) is 6.49. The molecule has 140 valence electrons. The Kier molecular flexibility index (Phi) is 4.90. The summed E-state index contributed by atoms with van der Waals surface area (Å²) in [6.45, 7) is 8.25. The number of rotatable bonds is 3. The summed E-state index contributed by atoms with van der Waals surface area (Å²) in [4.78, 5) is 25.8. The summed E-state index contributed by atoms with van der Waals surface area (Å²) in [5, 5.41) is 6.82. The summed E-state index contributed by atoms with van der Waals surface area (Å²) in [5.74, 6) is -0.968. The highest BCUT2D eigenvalue weighted by molar-refractivity contribution is 7.20. The molecular weight excluding hydrogens is 413 g/mol. The number of amides is 2. The van der Waals surface area contributed by atoms with Gasteiger partial charge in [0, 0.05) is 16.0 Å². The van der Waals surface area contributed by atoms with E-state index in [1.165, 1.54) is 17.4 Å². The van der Waals surface area contributed by atoms with E-state index >= 15 is 0 Å². The highest BCUT2D eigenvalue weighted by Crippen LogP contribution is 2.45. The molecule has 3 rings (SSSR count). The number of nitrogens with one attached hydrogen (secondary N) is 2. The molecule has 0 atom stereocenters. The van der Waals surface area contributed by atoms with Crippen LogP contribution >= 0.6 is 45.9 Å². The molecule has 9 heteroatoms. The fraction of sp³-hybridized carbons (Fsp3) is 0.412. The molecule has 0 spiro atoms. The maximum Gasteiger partial charge on any atom is 0.258 e. The number of hydrogen-bond acceptors (Lipinski definition) is 5. The third-order valence-corrected chi connectivity index (χ3v) is 7.18. The van der Waals surface area contributed by atoms with E-state index < -0.39 is 11.8 Å². The van der Waals surface area contributed by atoms with Gasteiger partial charge in [-0.2, -0.15) is 0 Å². The Morgan fingerprint density at radius 1 is 1.23 bits per heavy atom. The van der Waals surface area contributed by atoms with Gasteiger partial charge in [-0.15, -0.1) is 22.7 Å². The molecule has 0 aliphatic carbocycles. The predicted octanol–water partition coefficient (Wildman–Crippen LogP) is 4.63. The van der Waals surface area contributed by atoms with Crippen molar-refractivity contribution < 1.29 is 9.59 Å². The quantitative estimate of drug-likeness (QED) is 0.662. The largest absolute Gasteiger partial charge is 0.365 e. The van der Waals surface area contributed by atoms with Gasteiger partial charge >= 0.3 is 0 Å². The van der Waals surface area contributed by atoms with Crippen molar-refractivity contribution in [3.8, 4) is 0 Å². The molecule has 1 aliphatic heterocycles. The number of hydrogen-bond donors (Lipinski definition) is 3. The van der Waals surface area contributed by atoms with Gasteiger partial charge in [-0.05, 0) is 45.7 Å². The van der Waals surface area contributed by atoms with E-state index in [1.807, 2.05) is 0 Å². The lowest BCUT2D eigenvalue weighted by molar-refractivity contribution is 0.0999. The molecule has 1 aliphatic rings. The average Bonchev–Trinajstić information content (AvgIpc) is 2.97. The highest BCUT2D eigenvalue weighted by atomic mass is 35.5. The molecule has 4 N–H and O–H groups in total. The van der Waals surface area contributed by atoms with E-state index in [1.54, 1.807) is 0 Å². The Morgan fingerprint density at radius 3 is 2.42 bits per heavy atom. The van der Waals surface area contributed by atoms with Gasteiger partial charge in [0.2, 0.25) is 0 Å². The second-order valence-electron chi connectivity index (χ2n) is 7.48. The van der Waals surface area contributed by atoms with Gasteiger partial charge in [-0.3, -0.25) is 9.59 Å². The van der Waals surface area contributed by atoms with Gasteiger partial charge in [0.05, 0.1) is 15.5 Å². The first-order valence-corrected chi connectivity index (χ1v) is 10.3. The van der Waals surface area contributed by atoms with Crippen LogP contribution < -0.4 is 16.4 Å². The molecule has 0 saturated carbocycles. The first kappa shape index (κ1) is 19.6. The zero-order valence-corrected chi connectivity index (χ0v) is 17.9. The van der Waals surface area contributed by atoms with Crippen LogP contribution in [0.5, 0.6) is 0 Å². The van der Waals surface area contributed by atoms with Crippen LogP contribution in [-0.2, 0) is 12.0 Å². The van der Waals surface area contributed by atoms with Crippen LogP contribution in [0, 0.1) is 0 Å². The summed E-state index contributed by atoms with van der Waals surface area (Å²) in [6, 6.07) is 1.51. The van der Waals surface area contributed by atoms with Crippen molar-refractivity contribution >= 4 is 62.7 Å². The Morgan fingerprint density at radius 2 is 1.88 bits per heavy atom. The van der Waals surface area contributed by atoms with E-state index in [2.05, 4.69) is 38.3 Å². The molecule has 26 heavy (non-hydrogen) atoms. The van der Waals surface area contributed by atoms with Gasteiger partial charge in [0.15, 0.2) is 0 Å². The molecule has 0 radical (unpaired) electrons. The molecule has 0 fully saturated rings. The Labute approximate surface area is 169 Å². The zero-order chi connectivity index (χ0) is 19.4. The zero-order valence-electron chi connectivity index (χ0n) is 14.8. The maximum atomic E-state index is 12.6. The number of fused-ring (bicyclic) bond motifs is 1. The molecule has 3 heterocycles. The summed E-state index contributed by atoms with van der Waals surface area (Å²) >= 11 is 14.5. The monoisotopic (exact) mass is 431 g/mol. The van der Waals surface area contributed by atoms with Crippen molar-refractivity contribution in [2.45, 2.75) is 45.2 Å². The van der Waals surface area contributed by atoms with Crippen LogP contribution in [0.1, 0.15) is 58.9 Å². The van der Waals surface area contributed by atoms with Crippen LogP contribution in [-0.4, -0.2) is 17.4 Å². The summed E-state index contributed by atoms with van der Waals surface area (Å²) in [5.41, 5.74) is 6.65. The first-order valence-electron chi connectivity index (χ1n) is 7.93. The number of carbonyl (C=O) groups excluding carboxylic acids is 2. The first-order chi connectivity index (χ1) is 11.9. The van der Waals surface area contributed by atoms with Crippen molar-refractivity contribution in [2.75, 3.05) is 5.32 Å². The SMILES string of the molecule is CC1(C)Cc2c(sc(NC(=O)c3cc(Cl)sc3Cl)c2C(N)=O)C(C)(C)N1. The molecule has 2 amide bonds. The van der Waals surface area contributed by atoms with E-state index in [0.29, 0.717) is 25.7 Å². The molecule has 2 aromatic rings. The molecule has 0 unspecified atom stereocenters. The van der Waals surface area contributed by atoms with Gasteiger partial charge in [-0.25, -0.2) is 0 Å². The van der Waals surface area contributed by atoms with Crippen LogP contribution in [0.25, 0.3) is 0 Å². The fourth-order valence-electron chi connectivity index (χ4n) is 3.54. The summed E-state index contributed by atoms with van der Waals surface area (Å²) in [7, 11) is 0. The van der Waals surface area contributed by atoms with Gasteiger partial charge in [-0.1, -0.05) is 23.2 Å². The molecular formula is C17H19Cl2N3O2S2. The lowest BCUT2D eigenvalue weighted by Crippen LogP contribution is -2.55. The lowest BCUT2D eigenvalue weighted by Gasteiger charge is -2.42. The van der Waals surface area contributed by atoms with Crippen LogP contribution in [0.4, 0.5) is 5.00 Å². The maximum absolute atomic E-state index is 12.6. The van der Waals surface area contributed by atoms with Crippen molar-refractivity contribution in [2.24, 2.45) is 5.73 Å². The third-order valence-electron chi connectivity index (χ3n) is 4.22. The smallest absolute Gasteiger partial charge is 0.258 e. The fourth-order valence-corrected chi connectivity index (χ4v) is 6.28. The normalized spacial score (nSPS) is 17.6. The number of anilines is 1. The number of primary amides is 1. The number of carbonyl (C=O) groups is 2. The van der Waals surface area contributed by atoms with Gasteiger partial charge < -0.3 is 16.4 Å². The number of thiophene rings is 2. The number of halogens is 2. The Hall–Kier alpha value is -1.12. The summed E-state index contributed by atoms with van der Waals surface area (Å²) in [6.07, 6.45) is 0.640. The van der Waals surface area contributed by atoms with Crippen LogP contribution in [0.2, 0.25) is 8.67 Å². The summed E-state index contributed by atoms with van der Waals surface area (Å²) < 4.78 is 0.727. The predicted molar refractivity (Wildman–Crippen MR) is 109 cm³/mol.